The Morgan fingerprint density at radius 3 is 2.03 bits per heavy atom. The first-order valence-electron chi connectivity index (χ1n) is 11.3. The lowest BCUT2D eigenvalue weighted by molar-refractivity contribution is -0.384. The molecular weight excluding hydrogens is 454 g/mol. The van der Waals surface area contributed by atoms with Crippen molar-refractivity contribution in [3.8, 4) is 22.4 Å². The number of hydrogen-bond donors (Lipinski definition) is 0. The average molecular weight is 478 g/mol. The summed E-state index contributed by atoms with van der Waals surface area (Å²) in [6.07, 6.45) is 0. The Morgan fingerprint density at radius 1 is 0.771 bits per heavy atom. The zero-order chi connectivity index (χ0) is 24.2. The largest absolute Gasteiger partial charge is 0.309 e. The molecule has 5 aromatic rings. The SMILES string of the molecule is CC(c1ccccc1)n1c(-c2ccc(-c3ccccc3)cc2)csc1=Nc1ccccc1[N+](=O)[O-]. The number of hydrogen-bond acceptors (Lipinski definition) is 4. The number of nitrogens with zero attached hydrogens (tertiary/aromatic N) is 3. The van der Waals surface area contributed by atoms with Gasteiger partial charge in [-0.05, 0) is 35.2 Å². The van der Waals surface area contributed by atoms with Crippen LogP contribution in [0.2, 0.25) is 0 Å². The van der Waals surface area contributed by atoms with E-state index in [1.807, 2.05) is 36.4 Å². The zero-order valence-electron chi connectivity index (χ0n) is 19.1. The van der Waals surface area contributed by atoms with Crippen LogP contribution in [0.1, 0.15) is 18.5 Å². The van der Waals surface area contributed by atoms with E-state index in [0.717, 1.165) is 22.4 Å². The quantitative estimate of drug-likeness (QED) is 0.186. The van der Waals surface area contributed by atoms with Crippen molar-refractivity contribution in [1.29, 1.82) is 0 Å². The third-order valence-corrected chi connectivity index (χ3v) is 6.83. The number of rotatable bonds is 6. The van der Waals surface area contributed by atoms with Crippen molar-refractivity contribution in [2.45, 2.75) is 13.0 Å². The summed E-state index contributed by atoms with van der Waals surface area (Å²) < 4.78 is 2.16. The highest BCUT2D eigenvalue weighted by atomic mass is 32.1. The molecule has 35 heavy (non-hydrogen) atoms. The lowest BCUT2D eigenvalue weighted by Crippen LogP contribution is -2.20. The van der Waals surface area contributed by atoms with Crippen LogP contribution in [0.5, 0.6) is 0 Å². The third kappa shape index (κ3) is 4.69. The fourth-order valence-corrected chi connectivity index (χ4v) is 5.14. The van der Waals surface area contributed by atoms with Gasteiger partial charge in [0, 0.05) is 11.4 Å². The van der Waals surface area contributed by atoms with E-state index in [-0.39, 0.29) is 16.7 Å². The van der Waals surface area contributed by atoms with Crippen LogP contribution >= 0.6 is 11.3 Å². The van der Waals surface area contributed by atoms with Gasteiger partial charge in [-0.25, -0.2) is 4.99 Å². The standard InChI is InChI=1S/C29H23N3O2S/c1-21(22-10-4-2-5-11-22)31-28(25-18-16-24(17-19-25)23-12-6-3-7-13-23)20-35-29(31)30-26-14-8-9-15-27(26)32(33)34/h2-21H,1H3. The van der Waals surface area contributed by atoms with E-state index in [2.05, 4.69) is 65.4 Å². The molecule has 5 rings (SSSR count). The van der Waals surface area contributed by atoms with Gasteiger partial charge in [-0.1, -0.05) is 97.1 Å². The Kier molecular flexibility index (Phi) is 6.37. The molecule has 1 atom stereocenters. The summed E-state index contributed by atoms with van der Waals surface area (Å²) in [5.74, 6) is 0. The molecule has 0 saturated carbocycles. The first-order valence-corrected chi connectivity index (χ1v) is 12.2. The minimum Gasteiger partial charge on any atom is -0.309 e. The maximum atomic E-state index is 11.6. The van der Waals surface area contributed by atoms with Crippen molar-refractivity contribution in [2.24, 2.45) is 4.99 Å². The van der Waals surface area contributed by atoms with Crippen LogP contribution in [0.4, 0.5) is 11.4 Å². The third-order valence-electron chi connectivity index (χ3n) is 5.99. The molecule has 0 fully saturated rings. The number of aromatic nitrogens is 1. The van der Waals surface area contributed by atoms with Gasteiger partial charge >= 0.3 is 0 Å². The van der Waals surface area contributed by atoms with E-state index < -0.39 is 0 Å². The normalized spacial score (nSPS) is 12.4. The summed E-state index contributed by atoms with van der Waals surface area (Å²) >= 11 is 1.48. The van der Waals surface area contributed by atoms with Crippen LogP contribution in [-0.2, 0) is 0 Å². The Labute approximate surface area is 207 Å². The molecular formula is C29H23N3O2S. The predicted octanol–water partition coefficient (Wildman–Crippen LogP) is 7.63. The molecule has 1 unspecified atom stereocenters. The molecule has 0 bridgehead atoms. The van der Waals surface area contributed by atoms with E-state index >= 15 is 0 Å². The second-order valence-corrected chi connectivity index (χ2v) is 9.00. The van der Waals surface area contributed by atoms with Crippen LogP contribution in [0, 0.1) is 10.1 Å². The van der Waals surface area contributed by atoms with E-state index in [0.29, 0.717) is 10.5 Å². The highest BCUT2D eigenvalue weighted by molar-refractivity contribution is 7.07. The van der Waals surface area contributed by atoms with Crippen molar-refractivity contribution in [1.82, 2.24) is 4.57 Å². The molecule has 1 heterocycles. The molecule has 5 nitrogen and oxygen atoms in total. The number of para-hydroxylation sites is 2. The molecule has 6 heteroatoms. The fraction of sp³-hybridized carbons (Fsp3) is 0.0690. The molecule has 0 N–H and O–H groups in total. The van der Waals surface area contributed by atoms with Crippen molar-refractivity contribution >= 4 is 22.7 Å². The summed E-state index contributed by atoms with van der Waals surface area (Å²) in [4.78, 5) is 16.6. The molecule has 172 valence electrons. The lowest BCUT2D eigenvalue weighted by atomic mass is 10.0. The van der Waals surface area contributed by atoms with E-state index in [1.54, 1.807) is 18.2 Å². The molecule has 0 aliphatic rings. The number of benzene rings is 4. The number of nitro groups is 1. The van der Waals surface area contributed by atoms with Crippen LogP contribution in [-0.4, -0.2) is 9.49 Å². The van der Waals surface area contributed by atoms with Gasteiger partial charge in [0.05, 0.1) is 16.7 Å². The van der Waals surface area contributed by atoms with E-state index in [1.165, 1.54) is 23.0 Å². The van der Waals surface area contributed by atoms with Gasteiger partial charge < -0.3 is 4.57 Å². The molecule has 4 aromatic carbocycles. The number of thiazole rings is 1. The van der Waals surface area contributed by atoms with Crippen molar-refractivity contribution < 1.29 is 4.92 Å². The summed E-state index contributed by atoms with van der Waals surface area (Å²) in [5.41, 5.74) is 5.88. The van der Waals surface area contributed by atoms with Crippen LogP contribution in [0.25, 0.3) is 22.4 Å². The highest BCUT2D eigenvalue weighted by Gasteiger charge is 2.18. The van der Waals surface area contributed by atoms with Gasteiger partial charge in [0.25, 0.3) is 5.69 Å². The minimum atomic E-state index is -0.388. The van der Waals surface area contributed by atoms with E-state index in [4.69, 9.17) is 4.99 Å². The van der Waals surface area contributed by atoms with Crippen LogP contribution < -0.4 is 4.80 Å². The van der Waals surface area contributed by atoms with Gasteiger partial charge in [0.15, 0.2) is 4.80 Å². The number of nitro benzene ring substituents is 1. The van der Waals surface area contributed by atoms with E-state index in [9.17, 15) is 10.1 Å². The molecule has 0 amide bonds. The van der Waals surface area contributed by atoms with Gasteiger partial charge in [-0.3, -0.25) is 10.1 Å². The van der Waals surface area contributed by atoms with Gasteiger partial charge in [-0.2, -0.15) is 0 Å². The first-order chi connectivity index (χ1) is 17.1. The summed E-state index contributed by atoms with van der Waals surface area (Å²) in [7, 11) is 0. The Hall–Kier alpha value is -4.29. The molecule has 0 spiro atoms. The Balaban J connectivity index is 1.65. The molecule has 0 aliphatic heterocycles. The second kappa shape index (κ2) is 9.91. The smallest absolute Gasteiger partial charge is 0.294 e. The van der Waals surface area contributed by atoms with Crippen LogP contribution in [0.3, 0.4) is 0 Å². The summed E-state index contributed by atoms with van der Waals surface area (Å²) in [6.45, 7) is 2.13. The molecule has 0 radical (unpaired) electrons. The monoisotopic (exact) mass is 477 g/mol. The lowest BCUT2D eigenvalue weighted by Gasteiger charge is -2.18. The average Bonchev–Trinajstić information content (AvgIpc) is 3.33. The Bertz CT molecular complexity index is 1520. The van der Waals surface area contributed by atoms with Crippen molar-refractivity contribution in [2.75, 3.05) is 0 Å². The predicted molar refractivity (Wildman–Crippen MR) is 142 cm³/mol. The van der Waals surface area contributed by atoms with Crippen molar-refractivity contribution in [3.63, 3.8) is 0 Å². The molecule has 0 saturated heterocycles. The summed E-state index contributed by atoms with van der Waals surface area (Å²) in [6, 6.07) is 35.6. The first kappa shape index (κ1) is 22.5. The highest BCUT2D eigenvalue weighted by Crippen LogP contribution is 2.31. The maximum Gasteiger partial charge on any atom is 0.294 e. The van der Waals surface area contributed by atoms with Gasteiger partial charge in [0.1, 0.15) is 5.69 Å². The molecule has 1 aromatic heterocycles. The maximum absolute atomic E-state index is 11.6. The molecule has 0 aliphatic carbocycles. The summed E-state index contributed by atoms with van der Waals surface area (Å²) in [5, 5.41) is 13.6. The van der Waals surface area contributed by atoms with Crippen molar-refractivity contribution in [3.05, 3.63) is 135 Å². The minimum absolute atomic E-state index is 0.00595. The van der Waals surface area contributed by atoms with Crippen LogP contribution in [0.15, 0.2) is 120 Å². The van der Waals surface area contributed by atoms with Gasteiger partial charge in [-0.15, -0.1) is 11.3 Å². The second-order valence-electron chi connectivity index (χ2n) is 8.16. The fourth-order valence-electron chi connectivity index (χ4n) is 4.15. The topological polar surface area (TPSA) is 60.4 Å². The zero-order valence-corrected chi connectivity index (χ0v) is 19.9. The Morgan fingerprint density at radius 2 is 1.34 bits per heavy atom. The van der Waals surface area contributed by atoms with Gasteiger partial charge in [0.2, 0.25) is 0 Å².